The summed E-state index contributed by atoms with van der Waals surface area (Å²) in [6.07, 6.45) is 6.88. The molecule has 0 radical (unpaired) electrons. The van der Waals surface area contributed by atoms with Crippen molar-refractivity contribution < 1.29 is 18.3 Å². The Balaban J connectivity index is 2.00. The topological polar surface area (TPSA) is 57.1 Å². The number of rotatable bonds is 6. The lowest BCUT2D eigenvalue weighted by Gasteiger charge is -2.12. The Morgan fingerprint density at radius 3 is 2.56 bits per heavy atom. The summed E-state index contributed by atoms with van der Waals surface area (Å²) in [4.78, 5) is 12.0. The summed E-state index contributed by atoms with van der Waals surface area (Å²) in [5.41, 5.74) is 2.86. The summed E-state index contributed by atoms with van der Waals surface area (Å²) in [6, 6.07) is 8.85. The molecule has 0 saturated heterocycles. The van der Waals surface area contributed by atoms with Gasteiger partial charge in [0, 0.05) is 30.6 Å². The molecule has 3 rings (SSSR count). The van der Waals surface area contributed by atoms with Gasteiger partial charge in [0.2, 0.25) is 5.88 Å². The Hall–Kier alpha value is -3.09. The second-order valence-electron chi connectivity index (χ2n) is 5.23. The lowest BCUT2D eigenvalue weighted by molar-refractivity contribution is -0.0524. The fraction of sp³-hybridized carbons (Fsp3) is 0.167. The highest BCUT2D eigenvalue weighted by atomic mass is 19.3. The molecule has 0 saturated carbocycles. The van der Waals surface area contributed by atoms with Crippen LogP contribution < -0.4 is 9.47 Å². The van der Waals surface area contributed by atoms with Crippen LogP contribution in [-0.2, 0) is 6.42 Å². The SMILES string of the molecule is COc1cccc(-c2cc(Cc3cncnc3)cnc2OC(F)F)c1. The molecule has 0 fully saturated rings. The number of alkyl halides is 2. The van der Waals surface area contributed by atoms with Gasteiger partial charge in [-0.1, -0.05) is 12.1 Å². The maximum absolute atomic E-state index is 12.7. The molecule has 0 aliphatic rings. The van der Waals surface area contributed by atoms with E-state index in [0.717, 1.165) is 11.1 Å². The van der Waals surface area contributed by atoms with Gasteiger partial charge in [0.1, 0.15) is 12.1 Å². The molecule has 25 heavy (non-hydrogen) atoms. The first-order valence-electron chi connectivity index (χ1n) is 7.48. The number of halogens is 2. The van der Waals surface area contributed by atoms with E-state index >= 15 is 0 Å². The van der Waals surface area contributed by atoms with Gasteiger partial charge in [-0.3, -0.25) is 0 Å². The van der Waals surface area contributed by atoms with E-state index in [1.54, 1.807) is 49.8 Å². The van der Waals surface area contributed by atoms with E-state index in [1.807, 2.05) is 0 Å². The summed E-state index contributed by atoms with van der Waals surface area (Å²) in [6.45, 7) is -2.95. The lowest BCUT2D eigenvalue weighted by Crippen LogP contribution is -2.06. The van der Waals surface area contributed by atoms with Crippen LogP contribution in [0, 0.1) is 0 Å². The van der Waals surface area contributed by atoms with Crippen LogP contribution in [0.25, 0.3) is 11.1 Å². The minimum atomic E-state index is -2.95. The largest absolute Gasteiger partial charge is 0.497 e. The number of methoxy groups -OCH3 is 1. The monoisotopic (exact) mass is 343 g/mol. The standard InChI is InChI=1S/C18H15F2N3O2/c1-24-15-4-2-3-14(7-15)16-6-12(5-13-8-21-11-22-9-13)10-23-17(16)25-18(19)20/h2-4,6-11,18H,5H2,1H3. The molecule has 0 atom stereocenters. The minimum absolute atomic E-state index is 0.128. The molecule has 3 aromatic rings. The molecule has 0 N–H and O–H groups in total. The predicted molar refractivity (Wildman–Crippen MR) is 87.7 cm³/mol. The number of nitrogens with zero attached hydrogens (tertiary/aromatic N) is 3. The smallest absolute Gasteiger partial charge is 0.388 e. The van der Waals surface area contributed by atoms with E-state index < -0.39 is 6.61 Å². The zero-order chi connectivity index (χ0) is 17.6. The van der Waals surface area contributed by atoms with E-state index in [0.29, 0.717) is 23.3 Å². The van der Waals surface area contributed by atoms with Crippen LogP contribution in [0.5, 0.6) is 11.6 Å². The second-order valence-corrected chi connectivity index (χ2v) is 5.23. The van der Waals surface area contributed by atoms with Crippen molar-refractivity contribution in [2.24, 2.45) is 0 Å². The fourth-order valence-electron chi connectivity index (χ4n) is 2.42. The Kier molecular flexibility index (Phi) is 5.13. The van der Waals surface area contributed by atoms with Crippen LogP contribution in [-0.4, -0.2) is 28.7 Å². The van der Waals surface area contributed by atoms with Gasteiger partial charge in [0.05, 0.1) is 7.11 Å². The average Bonchev–Trinajstić information content (AvgIpc) is 2.63. The summed E-state index contributed by atoms with van der Waals surface area (Å²) < 4.78 is 35.2. The van der Waals surface area contributed by atoms with Gasteiger partial charge in [0.25, 0.3) is 0 Å². The third-order valence-electron chi connectivity index (χ3n) is 3.51. The molecule has 0 amide bonds. The highest BCUT2D eigenvalue weighted by molar-refractivity contribution is 5.70. The van der Waals surface area contributed by atoms with Crippen molar-refractivity contribution in [3.8, 4) is 22.8 Å². The predicted octanol–water partition coefficient (Wildman–Crippen LogP) is 3.74. The molecule has 2 aromatic heterocycles. The minimum Gasteiger partial charge on any atom is -0.497 e. The Labute approximate surface area is 143 Å². The maximum Gasteiger partial charge on any atom is 0.388 e. The Morgan fingerprint density at radius 2 is 1.84 bits per heavy atom. The molecular formula is C18H15F2N3O2. The summed E-state index contributed by atoms with van der Waals surface area (Å²) in [7, 11) is 1.54. The molecule has 0 aliphatic heterocycles. The van der Waals surface area contributed by atoms with Gasteiger partial charge in [-0.25, -0.2) is 15.0 Å². The molecule has 2 heterocycles. The number of ether oxygens (including phenoxy) is 2. The fourth-order valence-corrected chi connectivity index (χ4v) is 2.42. The zero-order valence-corrected chi connectivity index (χ0v) is 13.4. The van der Waals surface area contributed by atoms with Crippen molar-refractivity contribution in [2.45, 2.75) is 13.0 Å². The van der Waals surface area contributed by atoms with Gasteiger partial charge in [-0.05, 0) is 34.9 Å². The van der Waals surface area contributed by atoms with Gasteiger partial charge < -0.3 is 9.47 Å². The maximum atomic E-state index is 12.7. The van der Waals surface area contributed by atoms with Gasteiger partial charge in [-0.2, -0.15) is 8.78 Å². The number of hydrogen-bond acceptors (Lipinski definition) is 5. The summed E-state index contributed by atoms with van der Waals surface area (Å²) in [5, 5.41) is 0. The van der Waals surface area contributed by atoms with E-state index in [4.69, 9.17) is 4.74 Å². The highest BCUT2D eigenvalue weighted by Crippen LogP contribution is 2.32. The van der Waals surface area contributed by atoms with Crippen LogP contribution >= 0.6 is 0 Å². The van der Waals surface area contributed by atoms with Gasteiger partial charge in [0.15, 0.2) is 0 Å². The van der Waals surface area contributed by atoms with E-state index in [9.17, 15) is 8.78 Å². The molecule has 0 spiro atoms. The highest BCUT2D eigenvalue weighted by Gasteiger charge is 2.15. The van der Waals surface area contributed by atoms with E-state index in [2.05, 4.69) is 19.7 Å². The first-order chi connectivity index (χ1) is 12.2. The number of benzene rings is 1. The molecule has 7 heteroatoms. The Morgan fingerprint density at radius 1 is 1.04 bits per heavy atom. The van der Waals surface area contributed by atoms with Crippen LogP contribution in [0.2, 0.25) is 0 Å². The van der Waals surface area contributed by atoms with E-state index in [1.165, 1.54) is 12.5 Å². The second kappa shape index (κ2) is 7.65. The van der Waals surface area contributed by atoms with Crippen molar-refractivity contribution in [1.29, 1.82) is 0 Å². The van der Waals surface area contributed by atoms with Crippen molar-refractivity contribution in [3.63, 3.8) is 0 Å². The molecule has 0 aliphatic carbocycles. The van der Waals surface area contributed by atoms with Crippen LogP contribution in [0.4, 0.5) is 8.78 Å². The quantitative estimate of drug-likeness (QED) is 0.682. The average molecular weight is 343 g/mol. The van der Waals surface area contributed by atoms with E-state index in [-0.39, 0.29) is 5.88 Å². The van der Waals surface area contributed by atoms with Crippen molar-refractivity contribution >= 4 is 0 Å². The third kappa shape index (κ3) is 4.26. The van der Waals surface area contributed by atoms with Crippen molar-refractivity contribution in [3.05, 3.63) is 66.4 Å². The molecule has 1 aromatic carbocycles. The number of hydrogen-bond donors (Lipinski definition) is 0. The number of pyridine rings is 1. The summed E-state index contributed by atoms with van der Waals surface area (Å²) >= 11 is 0. The Bertz CT molecular complexity index is 845. The first kappa shape index (κ1) is 16.8. The van der Waals surface area contributed by atoms with Gasteiger partial charge >= 0.3 is 6.61 Å². The molecule has 5 nitrogen and oxygen atoms in total. The van der Waals surface area contributed by atoms with Gasteiger partial charge in [-0.15, -0.1) is 0 Å². The van der Waals surface area contributed by atoms with Crippen molar-refractivity contribution in [1.82, 2.24) is 15.0 Å². The summed E-state index contributed by atoms with van der Waals surface area (Å²) in [5.74, 6) is 0.485. The van der Waals surface area contributed by atoms with Crippen LogP contribution in [0.1, 0.15) is 11.1 Å². The molecule has 0 unspecified atom stereocenters. The van der Waals surface area contributed by atoms with Crippen LogP contribution in [0.15, 0.2) is 55.2 Å². The lowest BCUT2D eigenvalue weighted by atomic mass is 10.0. The van der Waals surface area contributed by atoms with Crippen LogP contribution in [0.3, 0.4) is 0 Å². The third-order valence-corrected chi connectivity index (χ3v) is 3.51. The number of aromatic nitrogens is 3. The molecule has 128 valence electrons. The molecule has 0 bridgehead atoms. The van der Waals surface area contributed by atoms with Crippen molar-refractivity contribution in [2.75, 3.05) is 7.11 Å². The first-order valence-corrected chi connectivity index (χ1v) is 7.48. The normalized spacial score (nSPS) is 10.7. The zero-order valence-electron chi connectivity index (χ0n) is 13.4. The molecular weight excluding hydrogens is 328 g/mol.